The highest BCUT2D eigenvalue weighted by molar-refractivity contribution is 7.72. The van der Waals surface area contributed by atoms with Crippen LogP contribution < -0.4 is 11.2 Å². The van der Waals surface area contributed by atoms with Crippen LogP contribution in [-0.2, 0) is 16.0 Å². The van der Waals surface area contributed by atoms with Gasteiger partial charge < -0.3 is 20.1 Å². The van der Waals surface area contributed by atoms with Crippen LogP contribution in [0.15, 0.2) is 15.8 Å². The molecule has 2 rings (SSSR count). The van der Waals surface area contributed by atoms with Crippen LogP contribution in [0.1, 0.15) is 18.2 Å². The van der Waals surface area contributed by atoms with Gasteiger partial charge in [0.15, 0.2) is 6.23 Å². The molecule has 0 saturated carbocycles. The number of carbonyl (C=O) groups is 1. The maximum Gasteiger partial charge on any atom is 0.330 e. The number of hydrogen-bond acceptors (Lipinski definition) is 6. The molecule has 0 aliphatic carbocycles. The van der Waals surface area contributed by atoms with Crippen molar-refractivity contribution in [3.8, 4) is 0 Å². The van der Waals surface area contributed by atoms with Gasteiger partial charge in [-0.3, -0.25) is 19.1 Å². The average Bonchev–Trinajstić information content (AvgIpc) is 2.75. The molecule has 0 unspecified atom stereocenters. The lowest BCUT2D eigenvalue weighted by Crippen LogP contribution is -2.39. The third-order valence-corrected chi connectivity index (χ3v) is 5.48. The quantitative estimate of drug-likeness (QED) is 0.462. The molecule has 140 valence electrons. The summed E-state index contributed by atoms with van der Waals surface area (Å²) >= 11 is 0. The minimum absolute atomic E-state index is 0.148. The van der Waals surface area contributed by atoms with Gasteiger partial charge >= 0.3 is 11.7 Å². The zero-order chi connectivity index (χ0) is 18.9. The summed E-state index contributed by atoms with van der Waals surface area (Å²) in [6, 6.07) is 0. The first-order valence-electron chi connectivity index (χ1n) is 7.74. The van der Waals surface area contributed by atoms with E-state index in [0.29, 0.717) is 6.42 Å². The Kier molecular flexibility index (Phi) is 5.73. The Morgan fingerprint density at radius 3 is 2.56 bits per heavy atom. The molecule has 0 amide bonds. The van der Waals surface area contributed by atoms with E-state index in [9.17, 15) is 24.6 Å². The number of aliphatic hydroxyl groups is 2. The summed E-state index contributed by atoms with van der Waals surface area (Å²) in [5.74, 6) is -1.23. The van der Waals surface area contributed by atoms with E-state index in [-0.39, 0.29) is 5.56 Å². The smallest absolute Gasteiger partial charge is 0.330 e. The van der Waals surface area contributed by atoms with Gasteiger partial charge in [-0.15, -0.1) is 13.2 Å². The largest absolute Gasteiger partial charge is 0.481 e. The monoisotopic (exact) mass is 374 g/mol. The van der Waals surface area contributed by atoms with Crippen molar-refractivity contribution in [1.29, 1.82) is 0 Å². The highest BCUT2D eigenvalue weighted by Gasteiger charge is 2.44. The molecular formula is C15H23N2O7P. The molecule has 0 radical (unpaired) electrons. The first kappa shape index (κ1) is 19.7. The first-order valence-corrected chi connectivity index (χ1v) is 10.8. The lowest BCUT2D eigenvalue weighted by Gasteiger charge is -2.19. The number of hydrogen-bond donors (Lipinski definition) is 4. The molecule has 2 heterocycles. The van der Waals surface area contributed by atoms with Gasteiger partial charge in [-0.05, 0) is 25.9 Å². The van der Waals surface area contributed by atoms with Gasteiger partial charge in [0.25, 0.3) is 5.56 Å². The lowest BCUT2D eigenvalue weighted by atomic mass is 10.1. The Balaban J connectivity index is 2.29. The standard InChI is InChI=1S/C15H23N2O7P/c1-25(2,3)5-4-9-11(20)12(21)14(24-9)17-7-8(6-10(18)19)13(22)16-15(17)23/h7,9,11-12,14,20-21H,1,4-6H2,2-3H3,(H,18,19)(H,16,22,23)/t9-,11-,12-,14-/m1/s1. The van der Waals surface area contributed by atoms with Crippen molar-refractivity contribution in [2.75, 3.05) is 19.5 Å². The molecule has 1 aromatic heterocycles. The maximum atomic E-state index is 12.0. The second kappa shape index (κ2) is 7.29. The van der Waals surface area contributed by atoms with E-state index in [0.717, 1.165) is 16.9 Å². The zero-order valence-electron chi connectivity index (χ0n) is 14.1. The van der Waals surface area contributed by atoms with E-state index in [1.165, 1.54) is 0 Å². The van der Waals surface area contributed by atoms with Gasteiger partial charge in [0.2, 0.25) is 0 Å². The number of nitrogens with one attached hydrogen (secondary N) is 1. The average molecular weight is 374 g/mol. The van der Waals surface area contributed by atoms with Crippen LogP contribution in [-0.4, -0.2) is 74.9 Å². The Hall–Kier alpha value is -1.67. The molecule has 0 aromatic carbocycles. The molecule has 1 fully saturated rings. The SMILES string of the molecule is C=P(C)(C)CC[C@H]1O[C@@H](n2cc(CC(=O)O)c(=O)[nH]c2=O)[C@H](O)[C@@H]1O. The number of nitrogens with zero attached hydrogens (tertiary/aromatic N) is 1. The van der Waals surface area contributed by atoms with Crippen molar-refractivity contribution in [1.82, 2.24) is 9.55 Å². The number of aromatic amines is 1. The van der Waals surface area contributed by atoms with Crippen LogP contribution >= 0.6 is 6.89 Å². The summed E-state index contributed by atoms with van der Waals surface area (Å²) in [6.07, 6.45) is 1.30. The number of rotatable bonds is 6. The molecular weight excluding hydrogens is 351 g/mol. The molecule has 9 nitrogen and oxygen atoms in total. The Labute approximate surface area is 143 Å². The molecule has 10 heteroatoms. The summed E-state index contributed by atoms with van der Waals surface area (Å²) in [5, 5.41) is 29.2. The van der Waals surface area contributed by atoms with Crippen molar-refractivity contribution in [3.05, 3.63) is 32.6 Å². The van der Waals surface area contributed by atoms with Crippen molar-refractivity contribution in [3.63, 3.8) is 0 Å². The summed E-state index contributed by atoms with van der Waals surface area (Å²) in [5.41, 5.74) is -1.80. The molecule has 4 atom stereocenters. The fourth-order valence-corrected chi connectivity index (χ4v) is 3.63. The minimum Gasteiger partial charge on any atom is -0.481 e. The van der Waals surface area contributed by atoms with E-state index in [1.807, 2.05) is 18.3 Å². The normalized spacial score (nSPS) is 26.7. The third-order valence-electron chi connectivity index (χ3n) is 4.01. The summed E-state index contributed by atoms with van der Waals surface area (Å²) in [4.78, 5) is 36.5. The fourth-order valence-electron chi connectivity index (χ4n) is 2.68. The van der Waals surface area contributed by atoms with E-state index >= 15 is 0 Å². The van der Waals surface area contributed by atoms with E-state index in [2.05, 4.69) is 6.30 Å². The van der Waals surface area contributed by atoms with Crippen LogP contribution in [0.3, 0.4) is 0 Å². The molecule has 1 aliphatic rings. The summed E-state index contributed by atoms with van der Waals surface area (Å²) in [6.45, 7) is 2.72. The van der Waals surface area contributed by atoms with Crippen LogP contribution in [0, 0.1) is 0 Å². The van der Waals surface area contributed by atoms with E-state index in [1.54, 1.807) is 0 Å². The summed E-state index contributed by atoms with van der Waals surface area (Å²) in [7, 11) is 0. The molecule has 0 spiro atoms. The number of aliphatic hydroxyl groups excluding tert-OH is 2. The molecule has 4 N–H and O–H groups in total. The molecule has 1 aliphatic heterocycles. The summed E-state index contributed by atoms with van der Waals surface area (Å²) < 4.78 is 6.55. The number of ether oxygens (including phenoxy) is 1. The molecule has 1 saturated heterocycles. The van der Waals surface area contributed by atoms with Crippen LogP contribution in [0.5, 0.6) is 0 Å². The van der Waals surface area contributed by atoms with E-state index in [4.69, 9.17) is 9.84 Å². The van der Waals surface area contributed by atoms with Gasteiger partial charge in [-0.1, -0.05) is 0 Å². The second-order valence-corrected chi connectivity index (χ2v) is 11.2. The number of carboxylic acid groups (broad SMARTS) is 1. The first-order chi connectivity index (χ1) is 11.5. The molecule has 0 bridgehead atoms. The van der Waals surface area contributed by atoms with Crippen molar-refractivity contribution in [2.45, 2.75) is 37.4 Å². The van der Waals surface area contributed by atoms with E-state index < -0.39 is 55.1 Å². The Bertz CT molecular complexity index is 809. The predicted molar refractivity (Wildman–Crippen MR) is 94.0 cm³/mol. The number of aliphatic carboxylic acids is 1. The van der Waals surface area contributed by atoms with Crippen LogP contribution in [0.2, 0.25) is 0 Å². The Morgan fingerprint density at radius 2 is 2.00 bits per heavy atom. The number of carboxylic acids is 1. The molecule has 1 aromatic rings. The topological polar surface area (TPSA) is 142 Å². The van der Waals surface area contributed by atoms with Gasteiger partial charge in [0, 0.05) is 11.8 Å². The third kappa shape index (κ3) is 4.70. The maximum absolute atomic E-state index is 12.0. The fraction of sp³-hybridized carbons (Fsp3) is 0.600. The number of H-pyrrole nitrogens is 1. The van der Waals surface area contributed by atoms with Gasteiger partial charge in [0.1, 0.15) is 12.2 Å². The van der Waals surface area contributed by atoms with Crippen LogP contribution in [0.4, 0.5) is 0 Å². The van der Waals surface area contributed by atoms with Crippen LogP contribution in [0.25, 0.3) is 0 Å². The highest BCUT2D eigenvalue weighted by atomic mass is 31.2. The van der Waals surface area contributed by atoms with Gasteiger partial charge in [0.05, 0.1) is 12.5 Å². The zero-order valence-corrected chi connectivity index (χ0v) is 15.0. The lowest BCUT2D eigenvalue weighted by molar-refractivity contribution is -0.136. The van der Waals surface area contributed by atoms with Crippen molar-refractivity contribution >= 4 is 19.2 Å². The second-order valence-electron chi connectivity index (χ2n) is 6.89. The predicted octanol–water partition coefficient (Wildman–Crippen LogP) is -1.12. The highest BCUT2D eigenvalue weighted by Crippen LogP contribution is 2.39. The van der Waals surface area contributed by atoms with Gasteiger partial charge in [-0.25, -0.2) is 4.79 Å². The van der Waals surface area contributed by atoms with Crippen molar-refractivity contribution in [2.24, 2.45) is 0 Å². The Morgan fingerprint density at radius 1 is 1.36 bits per heavy atom. The number of aromatic nitrogens is 2. The van der Waals surface area contributed by atoms with Gasteiger partial charge in [-0.2, -0.15) is 0 Å². The molecule has 25 heavy (non-hydrogen) atoms. The van der Waals surface area contributed by atoms with Crippen molar-refractivity contribution < 1.29 is 24.9 Å². The minimum atomic E-state index is -1.38.